The Bertz CT molecular complexity index is 1140. The van der Waals surface area contributed by atoms with E-state index in [2.05, 4.69) is 10.6 Å². The summed E-state index contributed by atoms with van der Waals surface area (Å²) in [5.41, 5.74) is 6.88. The Morgan fingerprint density at radius 2 is 1.62 bits per heavy atom. The third kappa shape index (κ3) is 8.23. The molecule has 0 bridgehead atoms. The fourth-order valence-corrected chi connectivity index (χ4v) is 3.81. The smallest absolute Gasteiger partial charge is 0.408 e. The number of nitrogens with two attached hydrogens (primary N) is 1. The number of rotatable bonds is 9. The number of nitrogens with zero attached hydrogens (tertiary/aromatic N) is 1. The number of aromatic hydroxyl groups is 1. The van der Waals surface area contributed by atoms with Crippen molar-refractivity contribution >= 4 is 29.5 Å². The number of benzene rings is 2. The van der Waals surface area contributed by atoms with Gasteiger partial charge in [0, 0.05) is 24.7 Å². The molecule has 37 heavy (non-hydrogen) atoms. The monoisotopic (exact) mass is 512 g/mol. The lowest BCUT2D eigenvalue weighted by molar-refractivity contribution is -0.139. The van der Waals surface area contributed by atoms with Crippen LogP contribution in [0.4, 0.5) is 10.5 Å². The minimum absolute atomic E-state index is 0.107. The number of hydrogen-bond acceptors (Lipinski definition) is 6. The number of phenolic OH excluding ortho intramolecular Hbond substituents is 1. The summed E-state index contributed by atoms with van der Waals surface area (Å²) in [5.74, 6) is -2.08. The molecule has 0 aliphatic heterocycles. The summed E-state index contributed by atoms with van der Waals surface area (Å²) in [6, 6.07) is 9.26. The standard InChI is InChI=1S/C27H36N4O6/c1-16-10-9-11-17(2)22(16)30-24(34)23(18-12-7-8-13-20(18)32)31(6)25(35)19(14-15-21(28)33)29-26(36)37-27(3,4)5/h7-13,19,23,32H,14-15H2,1-6H3,(H2,28,33)(H,29,36)(H,30,34). The van der Waals surface area contributed by atoms with E-state index in [1.54, 1.807) is 32.9 Å². The number of primary amides is 1. The van der Waals surface area contributed by atoms with Crippen molar-refractivity contribution in [3.63, 3.8) is 0 Å². The number of para-hydroxylation sites is 2. The second-order valence-electron chi connectivity index (χ2n) is 9.87. The van der Waals surface area contributed by atoms with Gasteiger partial charge in [0.05, 0.1) is 0 Å². The number of ether oxygens (including phenoxy) is 1. The lowest BCUT2D eigenvalue weighted by Gasteiger charge is -2.32. The largest absolute Gasteiger partial charge is 0.508 e. The van der Waals surface area contributed by atoms with Gasteiger partial charge in [0.1, 0.15) is 23.4 Å². The van der Waals surface area contributed by atoms with Crippen molar-refractivity contribution in [2.24, 2.45) is 5.73 Å². The lowest BCUT2D eigenvalue weighted by atomic mass is 10.0. The summed E-state index contributed by atoms with van der Waals surface area (Å²) in [5, 5.41) is 15.9. The molecule has 0 heterocycles. The van der Waals surface area contributed by atoms with E-state index in [0.717, 1.165) is 16.0 Å². The third-order valence-corrected chi connectivity index (χ3v) is 5.61. The number of carbonyl (C=O) groups excluding carboxylic acids is 4. The van der Waals surface area contributed by atoms with Gasteiger partial charge in [0.2, 0.25) is 11.8 Å². The molecule has 2 aromatic carbocycles. The topological polar surface area (TPSA) is 151 Å². The number of aryl methyl sites for hydroxylation is 2. The molecule has 10 nitrogen and oxygen atoms in total. The number of phenols is 1. The van der Waals surface area contributed by atoms with Crippen LogP contribution in [0.2, 0.25) is 0 Å². The summed E-state index contributed by atoms with van der Waals surface area (Å²) in [6.45, 7) is 8.70. The Balaban J connectivity index is 2.44. The van der Waals surface area contributed by atoms with E-state index < -0.39 is 41.5 Å². The summed E-state index contributed by atoms with van der Waals surface area (Å²) >= 11 is 0. The van der Waals surface area contributed by atoms with Crippen molar-refractivity contribution in [1.29, 1.82) is 0 Å². The summed E-state index contributed by atoms with van der Waals surface area (Å²) in [7, 11) is 1.39. The highest BCUT2D eigenvalue weighted by Crippen LogP contribution is 2.31. The van der Waals surface area contributed by atoms with Crippen LogP contribution >= 0.6 is 0 Å². The van der Waals surface area contributed by atoms with Crippen LogP contribution in [0.1, 0.15) is 56.3 Å². The van der Waals surface area contributed by atoms with E-state index in [-0.39, 0.29) is 24.2 Å². The van der Waals surface area contributed by atoms with Gasteiger partial charge in [-0.05, 0) is 58.2 Å². The first kappa shape index (κ1) is 29.2. The molecule has 2 unspecified atom stereocenters. The Morgan fingerprint density at radius 3 is 2.16 bits per heavy atom. The summed E-state index contributed by atoms with van der Waals surface area (Å²) in [6.07, 6.45) is -1.15. The number of carbonyl (C=O) groups is 4. The highest BCUT2D eigenvalue weighted by atomic mass is 16.6. The zero-order chi connectivity index (χ0) is 27.9. The third-order valence-electron chi connectivity index (χ3n) is 5.61. The van der Waals surface area contributed by atoms with Gasteiger partial charge in [0.15, 0.2) is 0 Å². The molecule has 4 amide bonds. The molecule has 2 atom stereocenters. The van der Waals surface area contributed by atoms with E-state index in [4.69, 9.17) is 10.5 Å². The van der Waals surface area contributed by atoms with Crippen LogP contribution < -0.4 is 16.4 Å². The highest BCUT2D eigenvalue weighted by molar-refractivity contribution is 6.00. The molecule has 0 saturated carbocycles. The average molecular weight is 513 g/mol. The fraction of sp³-hybridized carbons (Fsp3) is 0.407. The molecule has 0 fully saturated rings. The molecule has 0 saturated heterocycles. The number of likely N-dealkylation sites (N-methyl/N-ethyl adjacent to an activating group) is 1. The maximum atomic E-state index is 13.6. The zero-order valence-electron chi connectivity index (χ0n) is 22.1. The number of amides is 4. The average Bonchev–Trinajstić information content (AvgIpc) is 2.78. The van der Waals surface area contributed by atoms with Gasteiger partial charge in [-0.1, -0.05) is 36.4 Å². The fourth-order valence-electron chi connectivity index (χ4n) is 3.81. The van der Waals surface area contributed by atoms with Crippen molar-refractivity contribution in [2.75, 3.05) is 12.4 Å². The SMILES string of the molecule is Cc1cccc(C)c1NC(=O)C(c1ccccc1O)N(C)C(=O)C(CCC(N)=O)NC(=O)OC(C)(C)C. The number of hydrogen-bond donors (Lipinski definition) is 4. The van der Waals surface area contributed by atoms with Crippen LogP contribution in [-0.2, 0) is 19.1 Å². The first-order valence-corrected chi connectivity index (χ1v) is 11.9. The van der Waals surface area contributed by atoms with E-state index in [0.29, 0.717) is 5.69 Å². The van der Waals surface area contributed by atoms with Crippen LogP contribution in [0.15, 0.2) is 42.5 Å². The van der Waals surface area contributed by atoms with E-state index in [1.165, 1.54) is 19.2 Å². The number of nitrogens with one attached hydrogen (secondary N) is 2. The molecular weight excluding hydrogens is 476 g/mol. The van der Waals surface area contributed by atoms with Gasteiger partial charge in [0.25, 0.3) is 5.91 Å². The molecule has 0 radical (unpaired) electrons. The Hall–Kier alpha value is -4.08. The van der Waals surface area contributed by atoms with Crippen LogP contribution in [0.25, 0.3) is 0 Å². The van der Waals surface area contributed by atoms with E-state index >= 15 is 0 Å². The van der Waals surface area contributed by atoms with Crippen LogP contribution in [0.3, 0.4) is 0 Å². The minimum atomic E-state index is -1.26. The number of anilines is 1. The molecule has 2 aromatic rings. The van der Waals surface area contributed by atoms with Crippen LogP contribution in [0.5, 0.6) is 5.75 Å². The molecule has 5 N–H and O–H groups in total. The quantitative estimate of drug-likeness (QED) is 0.405. The van der Waals surface area contributed by atoms with Crippen molar-refractivity contribution < 1.29 is 29.0 Å². The van der Waals surface area contributed by atoms with Gasteiger partial charge >= 0.3 is 6.09 Å². The van der Waals surface area contributed by atoms with Crippen molar-refractivity contribution in [1.82, 2.24) is 10.2 Å². The number of alkyl carbamates (subject to hydrolysis) is 1. The van der Waals surface area contributed by atoms with E-state index in [9.17, 15) is 24.3 Å². The van der Waals surface area contributed by atoms with Gasteiger partial charge in [-0.3, -0.25) is 14.4 Å². The van der Waals surface area contributed by atoms with Crippen molar-refractivity contribution in [3.05, 3.63) is 59.2 Å². The summed E-state index contributed by atoms with van der Waals surface area (Å²) in [4.78, 5) is 52.2. The summed E-state index contributed by atoms with van der Waals surface area (Å²) < 4.78 is 5.27. The van der Waals surface area contributed by atoms with Gasteiger partial charge in [-0.15, -0.1) is 0 Å². The van der Waals surface area contributed by atoms with Gasteiger partial charge in [-0.2, -0.15) is 0 Å². The normalized spacial score (nSPS) is 12.7. The molecule has 0 aliphatic carbocycles. The minimum Gasteiger partial charge on any atom is -0.508 e. The first-order chi connectivity index (χ1) is 17.2. The first-order valence-electron chi connectivity index (χ1n) is 11.9. The molecule has 0 aliphatic rings. The van der Waals surface area contributed by atoms with Gasteiger partial charge < -0.3 is 31.1 Å². The Kier molecular flexibility index (Phi) is 9.65. The molecule has 2 rings (SSSR count). The van der Waals surface area contributed by atoms with E-state index in [1.807, 2.05) is 32.0 Å². The molecule has 0 aromatic heterocycles. The second kappa shape index (κ2) is 12.2. The molecule has 10 heteroatoms. The maximum Gasteiger partial charge on any atom is 0.408 e. The molecule has 0 spiro atoms. The Labute approximate surface area is 217 Å². The van der Waals surface area contributed by atoms with Crippen LogP contribution in [-0.4, -0.2) is 52.5 Å². The van der Waals surface area contributed by atoms with Crippen molar-refractivity contribution in [2.45, 2.75) is 65.1 Å². The zero-order valence-corrected chi connectivity index (χ0v) is 22.1. The second-order valence-corrected chi connectivity index (χ2v) is 9.87. The maximum absolute atomic E-state index is 13.6. The van der Waals surface area contributed by atoms with Crippen LogP contribution in [0, 0.1) is 13.8 Å². The predicted molar refractivity (Wildman–Crippen MR) is 140 cm³/mol. The van der Waals surface area contributed by atoms with Crippen molar-refractivity contribution in [3.8, 4) is 5.75 Å². The lowest BCUT2D eigenvalue weighted by Crippen LogP contribution is -2.51. The predicted octanol–water partition coefficient (Wildman–Crippen LogP) is 3.31. The highest BCUT2D eigenvalue weighted by Gasteiger charge is 2.35. The molecule has 200 valence electrons. The molecular formula is C27H36N4O6. The Morgan fingerprint density at radius 1 is 1.03 bits per heavy atom. The van der Waals surface area contributed by atoms with Gasteiger partial charge in [-0.25, -0.2) is 4.79 Å².